The molecule has 0 saturated carbocycles. The Bertz CT molecular complexity index is 457. The summed E-state index contributed by atoms with van der Waals surface area (Å²) in [5.74, 6) is 0.870. The summed E-state index contributed by atoms with van der Waals surface area (Å²) in [5.41, 5.74) is 3.13. The molecule has 2 fully saturated rings. The lowest BCUT2D eigenvalue weighted by atomic mass is 9.86. The third-order valence-corrected chi connectivity index (χ3v) is 5.43. The van der Waals surface area contributed by atoms with E-state index >= 15 is 0 Å². The minimum atomic E-state index is 0.244. The van der Waals surface area contributed by atoms with Crippen LogP contribution in [0.3, 0.4) is 0 Å². The van der Waals surface area contributed by atoms with Crippen LogP contribution in [-0.4, -0.2) is 30.6 Å². The zero-order valence-corrected chi connectivity index (χ0v) is 14.0. The lowest BCUT2D eigenvalue weighted by Crippen LogP contribution is -2.40. The van der Waals surface area contributed by atoms with Crippen LogP contribution in [0.5, 0.6) is 0 Å². The molecule has 2 heteroatoms. The number of hydrogen-bond donors (Lipinski definition) is 1. The number of hydrogen-bond acceptors (Lipinski definition) is 2. The van der Waals surface area contributed by atoms with Crippen molar-refractivity contribution >= 4 is 0 Å². The van der Waals surface area contributed by atoms with Gasteiger partial charge >= 0.3 is 0 Å². The summed E-state index contributed by atoms with van der Waals surface area (Å²) in [7, 11) is 0. The van der Waals surface area contributed by atoms with Gasteiger partial charge in [-0.05, 0) is 48.8 Å². The fourth-order valence-corrected chi connectivity index (χ4v) is 3.87. The first kappa shape index (κ1) is 15.1. The Balaban J connectivity index is 1.69. The highest BCUT2D eigenvalue weighted by molar-refractivity contribution is 5.29. The Morgan fingerprint density at radius 3 is 2.48 bits per heavy atom. The smallest absolute Gasteiger partial charge is 0.0320 e. The van der Waals surface area contributed by atoms with E-state index in [9.17, 15) is 0 Å². The normalized spacial score (nSPS) is 28.4. The van der Waals surface area contributed by atoms with Crippen molar-refractivity contribution in [3.8, 4) is 0 Å². The predicted molar refractivity (Wildman–Crippen MR) is 89.6 cm³/mol. The Labute approximate surface area is 129 Å². The third-order valence-electron chi connectivity index (χ3n) is 5.43. The topological polar surface area (TPSA) is 15.3 Å². The van der Waals surface area contributed by atoms with Crippen molar-refractivity contribution in [1.29, 1.82) is 0 Å². The molecule has 2 saturated heterocycles. The maximum Gasteiger partial charge on any atom is 0.0320 e. The number of benzene rings is 1. The maximum absolute atomic E-state index is 3.70. The molecule has 0 radical (unpaired) electrons. The molecule has 2 aliphatic rings. The van der Waals surface area contributed by atoms with Crippen LogP contribution in [0.25, 0.3) is 0 Å². The molecular formula is C19H30N2. The van der Waals surface area contributed by atoms with Crippen LogP contribution in [-0.2, 0) is 5.41 Å². The monoisotopic (exact) mass is 286 g/mol. The first-order valence-corrected chi connectivity index (χ1v) is 8.53. The average Bonchev–Trinajstić information content (AvgIpc) is 2.89. The minimum absolute atomic E-state index is 0.244. The molecule has 1 N–H and O–H groups in total. The van der Waals surface area contributed by atoms with Crippen molar-refractivity contribution in [3.05, 3.63) is 35.4 Å². The van der Waals surface area contributed by atoms with Crippen LogP contribution in [0.2, 0.25) is 0 Å². The number of rotatable bonds is 2. The molecule has 0 aromatic heterocycles. The number of nitrogens with one attached hydrogen (secondary N) is 1. The highest BCUT2D eigenvalue weighted by Gasteiger charge is 2.36. The SMILES string of the molecule is CC(c1ccc(C(C)(C)C)cc1)N1CC2CCCNC2C1. The van der Waals surface area contributed by atoms with Crippen molar-refractivity contribution in [1.82, 2.24) is 10.2 Å². The summed E-state index contributed by atoms with van der Waals surface area (Å²) >= 11 is 0. The minimum Gasteiger partial charge on any atom is -0.312 e. The predicted octanol–water partition coefficient (Wildman–Crippen LogP) is 3.73. The van der Waals surface area contributed by atoms with E-state index in [1.807, 2.05) is 0 Å². The third kappa shape index (κ3) is 3.17. The second-order valence-corrected chi connectivity index (χ2v) is 7.96. The van der Waals surface area contributed by atoms with E-state index in [1.165, 1.54) is 43.6 Å². The fourth-order valence-electron chi connectivity index (χ4n) is 3.87. The van der Waals surface area contributed by atoms with Crippen molar-refractivity contribution in [2.75, 3.05) is 19.6 Å². The van der Waals surface area contributed by atoms with Gasteiger partial charge in [-0.1, -0.05) is 45.0 Å². The van der Waals surface area contributed by atoms with E-state index in [0.717, 1.165) is 12.0 Å². The highest BCUT2D eigenvalue weighted by Crippen LogP contribution is 2.32. The van der Waals surface area contributed by atoms with Gasteiger partial charge in [0.1, 0.15) is 0 Å². The Morgan fingerprint density at radius 1 is 1.14 bits per heavy atom. The van der Waals surface area contributed by atoms with Gasteiger partial charge in [0.15, 0.2) is 0 Å². The van der Waals surface area contributed by atoms with Gasteiger partial charge in [-0.2, -0.15) is 0 Å². The zero-order valence-electron chi connectivity index (χ0n) is 14.0. The summed E-state index contributed by atoms with van der Waals surface area (Å²) in [5, 5.41) is 3.70. The second kappa shape index (κ2) is 5.73. The van der Waals surface area contributed by atoms with Gasteiger partial charge in [0.2, 0.25) is 0 Å². The van der Waals surface area contributed by atoms with E-state index in [2.05, 4.69) is 62.2 Å². The molecule has 0 bridgehead atoms. The highest BCUT2D eigenvalue weighted by atomic mass is 15.2. The molecule has 21 heavy (non-hydrogen) atoms. The molecule has 0 spiro atoms. The maximum atomic E-state index is 3.70. The van der Waals surface area contributed by atoms with Gasteiger partial charge < -0.3 is 5.32 Å². The van der Waals surface area contributed by atoms with Crippen molar-refractivity contribution in [2.45, 2.75) is 58.0 Å². The van der Waals surface area contributed by atoms with Gasteiger partial charge in [-0.25, -0.2) is 0 Å². The molecular weight excluding hydrogens is 256 g/mol. The van der Waals surface area contributed by atoms with E-state index in [1.54, 1.807) is 0 Å². The van der Waals surface area contributed by atoms with Crippen molar-refractivity contribution in [2.24, 2.45) is 5.92 Å². The van der Waals surface area contributed by atoms with Crippen LogP contribution in [0.15, 0.2) is 24.3 Å². The second-order valence-electron chi connectivity index (χ2n) is 7.96. The van der Waals surface area contributed by atoms with E-state index in [4.69, 9.17) is 0 Å². The molecule has 1 aromatic rings. The number of piperidine rings is 1. The average molecular weight is 286 g/mol. The van der Waals surface area contributed by atoms with Crippen LogP contribution in [0.4, 0.5) is 0 Å². The molecule has 0 amide bonds. The fraction of sp³-hybridized carbons (Fsp3) is 0.684. The zero-order chi connectivity index (χ0) is 15.0. The number of nitrogens with zero attached hydrogens (tertiary/aromatic N) is 1. The summed E-state index contributed by atoms with van der Waals surface area (Å²) < 4.78 is 0. The van der Waals surface area contributed by atoms with E-state index in [-0.39, 0.29) is 5.41 Å². The number of fused-ring (bicyclic) bond motifs is 1. The molecule has 2 aliphatic heterocycles. The molecule has 2 heterocycles. The Morgan fingerprint density at radius 2 is 1.86 bits per heavy atom. The lowest BCUT2D eigenvalue weighted by Gasteiger charge is -2.26. The standard InChI is InChI=1S/C19H30N2/c1-14(15-7-9-17(10-8-15)19(2,3)4)21-12-16-6-5-11-20-18(16)13-21/h7-10,14,16,18,20H,5-6,11-13H2,1-4H3. The quantitative estimate of drug-likeness (QED) is 0.891. The van der Waals surface area contributed by atoms with Crippen molar-refractivity contribution < 1.29 is 0 Å². The summed E-state index contributed by atoms with van der Waals surface area (Å²) in [4.78, 5) is 2.67. The Hall–Kier alpha value is -0.860. The molecule has 3 atom stereocenters. The molecule has 2 nitrogen and oxygen atoms in total. The Kier molecular flexibility index (Phi) is 4.11. The molecule has 3 rings (SSSR count). The van der Waals surface area contributed by atoms with Crippen LogP contribution in [0, 0.1) is 5.92 Å². The number of likely N-dealkylation sites (tertiary alicyclic amines) is 1. The molecule has 3 unspecified atom stereocenters. The molecule has 1 aromatic carbocycles. The molecule has 0 aliphatic carbocycles. The first-order valence-electron chi connectivity index (χ1n) is 8.53. The lowest BCUT2D eigenvalue weighted by molar-refractivity contribution is 0.251. The summed E-state index contributed by atoms with van der Waals surface area (Å²) in [6.45, 7) is 12.9. The van der Waals surface area contributed by atoms with Gasteiger partial charge in [0.05, 0.1) is 0 Å². The van der Waals surface area contributed by atoms with Crippen molar-refractivity contribution in [3.63, 3.8) is 0 Å². The van der Waals surface area contributed by atoms with Gasteiger partial charge in [-0.3, -0.25) is 4.90 Å². The van der Waals surface area contributed by atoms with E-state index < -0.39 is 0 Å². The molecule has 116 valence electrons. The van der Waals surface area contributed by atoms with Gasteiger partial charge in [0, 0.05) is 25.2 Å². The van der Waals surface area contributed by atoms with Crippen LogP contribution >= 0.6 is 0 Å². The summed E-state index contributed by atoms with van der Waals surface area (Å²) in [6, 6.07) is 10.6. The van der Waals surface area contributed by atoms with Gasteiger partial charge in [0.25, 0.3) is 0 Å². The largest absolute Gasteiger partial charge is 0.312 e. The van der Waals surface area contributed by atoms with E-state index in [0.29, 0.717) is 6.04 Å². The van der Waals surface area contributed by atoms with Crippen LogP contribution < -0.4 is 5.32 Å². The van der Waals surface area contributed by atoms with Crippen LogP contribution in [0.1, 0.15) is 57.7 Å². The first-order chi connectivity index (χ1) is 9.95. The van der Waals surface area contributed by atoms with Gasteiger partial charge in [-0.15, -0.1) is 0 Å². The summed E-state index contributed by atoms with van der Waals surface area (Å²) in [6.07, 6.45) is 2.76.